The van der Waals surface area contributed by atoms with Gasteiger partial charge in [0.05, 0.1) is 7.11 Å². The van der Waals surface area contributed by atoms with Gasteiger partial charge in [-0.1, -0.05) is 37.8 Å². The molecule has 0 aliphatic heterocycles. The van der Waals surface area contributed by atoms with Crippen molar-refractivity contribution in [2.45, 2.75) is 57.5 Å². The average molecular weight is 304 g/mol. The van der Waals surface area contributed by atoms with E-state index >= 15 is 0 Å². The maximum absolute atomic E-state index is 12.0. The Bertz CT molecular complexity index is 437. The van der Waals surface area contributed by atoms with E-state index < -0.39 is 0 Å². The van der Waals surface area contributed by atoms with Crippen LogP contribution in [0.1, 0.15) is 50.5 Å². The van der Waals surface area contributed by atoms with Crippen molar-refractivity contribution in [2.24, 2.45) is 0 Å². The molecule has 1 fully saturated rings. The van der Waals surface area contributed by atoms with E-state index in [-0.39, 0.29) is 5.91 Å². The molecule has 0 spiro atoms. The molecule has 122 valence electrons. The Balaban J connectivity index is 1.59. The normalized spacial score (nSPS) is 16.0. The summed E-state index contributed by atoms with van der Waals surface area (Å²) in [4.78, 5) is 12.0. The lowest BCUT2D eigenvalue weighted by Crippen LogP contribution is -2.35. The molecule has 2 rings (SSSR count). The lowest BCUT2D eigenvalue weighted by atomic mass is 10.1. The van der Waals surface area contributed by atoms with Crippen LogP contribution in [0.3, 0.4) is 0 Å². The van der Waals surface area contributed by atoms with Crippen molar-refractivity contribution in [1.82, 2.24) is 10.6 Å². The van der Waals surface area contributed by atoms with Gasteiger partial charge in [0.15, 0.2) is 0 Å². The fourth-order valence-corrected chi connectivity index (χ4v) is 2.90. The van der Waals surface area contributed by atoms with Crippen LogP contribution in [0.5, 0.6) is 5.75 Å². The molecule has 1 aromatic carbocycles. The van der Waals surface area contributed by atoms with Crippen LogP contribution >= 0.6 is 0 Å². The molecular formula is C18H28N2O2. The smallest absolute Gasteiger partial charge is 0.221 e. The van der Waals surface area contributed by atoms with Crippen LogP contribution in [-0.2, 0) is 11.3 Å². The molecule has 0 radical (unpaired) electrons. The molecule has 0 heterocycles. The summed E-state index contributed by atoms with van der Waals surface area (Å²) in [6.07, 6.45) is 7.97. The molecule has 0 bridgehead atoms. The summed E-state index contributed by atoms with van der Waals surface area (Å²) >= 11 is 0. The van der Waals surface area contributed by atoms with E-state index in [1.807, 2.05) is 24.3 Å². The highest BCUT2D eigenvalue weighted by molar-refractivity contribution is 5.76. The van der Waals surface area contributed by atoms with Gasteiger partial charge >= 0.3 is 0 Å². The van der Waals surface area contributed by atoms with Gasteiger partial charge < -0.3 is 15.4 Å². The van der Waals surface area contributed by atoms with Gasteiger partial charge in [-0.3, -0.25) is 4.79 Å². The van der Waals surface area contributed by atoms with Gasteiger partial charge in [0.1, 0.15) is 5.75 Å². The first-order valence-corrected chi connectivity index (χ1v) is 8.41. The summed E-state index contributed by atoms with van der Waals surface area (Å²) in [7, 11) is 1.67. The number of nitrogens with one attached hydrogen (secondary N) is 2. The summed E-state index contributed by atoms with van der Waals surface area (Å²) in [5.41, 5.74) is 1.20. The van der Waals surface area contributed by atoms with Gasteiger partial charge in [0.2, 0.25) is 5.91 Å². The Morgan fingerprint density at radius 3 is 2.45 bits per heavy atom. The van der Waals surface area contributed by atoms with E-state index in [2.05, 4.69) is 10.6 Å². The number of amides is 1. The Morgan fingerprint density at radius 1 is 1.14 bits per heavy atom. The second-order valence-corrected chi connectivity index (χ2v) is 6.03. The van der Waals surface area contributed by atoms with E-state index in [1.165, 1.54) is 31.2 Å². The van der Waals surface area contributed by atoms with Gasteiger partial charge in [-0.25, -0.2) is 0 Å². The molecule has 22 heavy (non-hydrogen) atoms. The van der Waals surface area contributed by atoms with Crippen molar-refractivity contribution in [1.29, 1.82) is 0 Å². The molecule has 1 aliphatic carbocycles. The molecule has 0 unspecified atom stereocenters. The number of carbonyl (C=O) groups is 1. The standard InChI is InChI=1S/C18H28N2O2/c1-22-17-10-8-15(9-11-17)14-19-13-12-18(21)20-16-6-4-2-3-5-7-16/h8-11,16,19H,2-7,12-14H2,1H3,(H,20,21). The summed E-state index contributed by atoms with van der Waals surface area (Å²) in [5.74, 6) is 1.04. The Morgan fingerprint density at radius 2 is 1.82 bits per heavy atom. The summed E-state index contributed by atoms with van der Waals surface area (Å²) in [5, 5.41) is 6.50. The van der Waals surface area contributed by atoms with E-state index in [1.54, 1.807) is 7.11 Å². The highest BCUT2D eigenvalue weighted by atomic mass is 16.5. The van der Waals surface area contributed by atoms with Gasteiger partial charge in [0.25, 0.3) is 0 Å². The van der Waals surface area contributed by atoms with Crippen molar-refractivity contribution in [2.75, 3.05) is 13.7 Å². The summed E-state index contributed by atoms with van der Waals surface area (Å²) in [6, 6.07) is 8.39. The molecule has 0 aromatic heterocycles. The maximum Gasteiger partial charge on any atom is 0.221 e. The second-order valence-electron chi connectivity index (χ2n) is 6.03. The van der Waals surface area contributed by atoms with Gasteiger partial charge in [-0.2, -0.15) is 0 Å². The zero-order chi connectivity index (χ0) is 15.6. The minimum atomic E-state index is 0.175. The first kappa shape index (κ1) is 16.8. The first-order valence-electron chi connectivity index (χ1n) is 8.41. The number of hydrogen-bond acceptors (Lipinski definition) is 3. The maximum atomic E-state index is 12.0. The monoisotopic (exact) mass is 304 g/mol. The zero-order valence-corrected chi connectivity index (χ0v) is 13.6. The van der Waals surface area contributed by atoms with Gasteiger partial charge in [0, 0.05) is 25.6 Å². The number of hydrogen-bond donors (Lipinski definition) is 2. The highest BCUT2D eigenvalue weighted by Gasteiger charge is 2.14. The van der Waals surface area contributed by atoms with E-state index in [4.69, 9.17) is 4.74 Å². The topological polar surface area (TPSA) is 50.4 Å². The predicted octanol–water partition coefficient (Wildman–Crippen LogP) is 3.01. The summed E-state index contributed by atoms with van der Waals surface area (Å²) < 4.78 is 5.13. The highest BCUT2D eigenvalue weighted by Crippen LogP contribution is 2.17. The van der Waals surface area contributed by atoms with Crippen LogP contribution in [0.25, 0.3) is 0 Å². The molecule has 0 atom stereocenters. The van der Waals surface area contributed by atoms with Crippen molar-refractivity contribution >= 4 is 5.91 Å². The molecule has 1 aromatic rings. The van der Waals surface area contributed by atoms with Crippen molar-refractivity contribution < 1.29 is 9.53 Å². The first-order chi connectivity index (χ1) is 10.8. The summed E-state index contributed by atoms with van der Waals surface area (Å²) in [6.45, 7) is 1.49. The van der Waals surface area contributed by atoms with Crippen molar-refractivity contribution in [3.63, 3.8) is 0 Å². The molecule has 1 saturated carbocycles. The van der Waals surface area contributed by atoms with Crippen LogP contribution < -0.4 is 15.4 Å². The lowest BCUT2D eigenvalue weighted by molar-refractivity contribution is -0.121. The molecule has 4 heteroatoms. The third-order valence-corrected chi connectivity index (χ3v) is 4.24. The minimum absolute atomic E-state index is 0.175. The third-order valence-electron chi connectivity index (χ3n) is 4.24. The third kappa shape index (κ3) is 6.06. The average Bonchev–Trinajstić information content (AvgIpc) is 2.81. The van der Waals surface area contributed by atoms with Crippen LogP contribution in [0.2, 0.25) is 0 Å². The number of methoxy groups -OCH3 is 1. The van der Waals surface area contributed by atoms with Crippen LogP contribution in [0, 0.1) is 0 Å². The van der Waals surface area contributed by atoms with Crippen LogP contribution in [-0.4, -0.2) is 25.6 Å². The van der Waals surface area contributed by atoms with Crippen LogP contribution in [0.15, 0.2) is 24.3 Å². The Kier molecular flexibility index (Phi) is 7.23. The fourth-order valence-electron chi connectivity index (χ4n) is 2.90. The lowest BCUT2D eigenvalue weighted by Gasteiger charge is -2.16. The quantitative estimate of drug-likeness (QED) is 0.601. The second kappa shape index (κ2) is 9.46. The van der Waals surface area contributed by atoms with Gasteiger partial charge in [-0.15, -0.1) is 0 Å². The minimum Gasteiger partial charge on any atom is -0.497 e. The molecular weight excluding hydrogens is 276 g/mol. The predicted molar refractivity (Wildman–Crippen MR) is 89.0 cm³/mol. The SMILES string of the molecule is COc1ccc(CNCCC(=O)NC2CCCCCC2)cc1. The van der Waals surface area contributed by atoms with Crippen LogP contribution in [0.4, 0.5) is 0 Å². The fraction of sp³-hybridized carbons (Fsp3) is 0.611. The number of benzene rings is 1. The Labute approximate surface area is 133 Å². The largest absolute Gasteiger partial charge is 0.497 e. The number of ether oxygens (including phenoxy) is 1. The molecule has 1 amide bonds. The van der Waals surface area contributed by atoms with E-state index in [0.717, 1.165) is 25.1 Å². The van der Waals surface area contributed by atoms with E-state index in [9.17, 15) is 4.79 Å². The van der Waals surface area contributed by atoms with E-state index in [0.29, 0.717) is 19.0 Å². The van der Waals surface area contributed by atoms with Gasteiger partial charge in [-0.05, 0) is 30.5 Å². The molecule has 2 N–H and O–H groups in total. The molecule has 0 saturated heterocycles. The van der Waals surface area contributed by atoms with Crippen molar-refractivity contribution in [3.05, 3.63) is 29.8 Å². The Hall–Kier alpha value is -1.55. The number of rotatable bonds is 7. The number of carbonyl (C=O) groups excluding carboxylic acids is 1. The van der Waals surface area contributed by atoms with Crippen molar-refractivity contribution in [3.8, 4) is 5.75 Å². The molecule has 1 aliphatic rings. The zero-order valence-electron chi connectivity index (χ0n) is 13.6. The molecule has 4 nitrogen and oxygen atoms in total.